The quantitative estimate of drug-likeness (QED) is 0.568. The van der Waals surface area contributed by atoms with Gasteiger partial charge >= 0.3 is 0 Å². The van der Waals surface area contributed by atoms with Crippen molar-refractivity contribution in [3.05, 3.63) is 56.4 Å². The highest BCUT2D eigenvalue weighted by Gasteiger charge is 2.30. The first-order chi connectivity index (χ1) is 11.9. The molecule has 1 saturated heterocycles. The molecule has 134 valence electrons. The minimum Gasteiger partial charge on any atom is -0.296 e. The maximum absolute atomic E-state index is 12.6. The first-order valence-electron chi connectivity index (χ1n) is 7.58. The predicted octanol–water partition coefficient (Wildman–Crippen LogP) is 2.82. The van der Waals surface area contributed by atoms with E-state index in [1.165, 1.54) is 16.4 Å². The van der Waals surface area contributed by atoms with Gasteiger partial charge in [-0.05, 0) is 12.1 Å². The fourth-order valence-electron chi connectivity index (χ4n) is 2.76. The van der Waals surface area contributed by atoms with Crippen LogP contribution in [0.4, 0.5) is 5.69 Å². The number of rotatable bonds is 5. The summed E-state index contributed by atoms with van der Waals surface area (Å²) in [5, 5.41) is 11.1. The summed E-state index contributed by atoms with van der Waals surface area (Å²) in [6.45, 7) is 2.15. The van der Waals surface area contributed by atoms with Gasteiger partial charge in [-0.15, -0.1) is 11.3 Å². The third-order valence-corrected chi connectivity index (χ3v) is 7.65. The van der Waals surface area contributed by atoms with Crippen molar-refractivity contribution >= 4 is 38.6 Å². The number of benzene rings is 1. The van der Waals surface area contributed by atoms with E-state index in [1.54, 1.807) is 24.3 Å². The third-order valence-electron chi connectivity index (χ3n) is 4.06. The lowest BCUT2D eigenvalue weighted by molar-refractivity contribution is -0.385. The summed E-state index contributed by atoms with van der Waals surface area (Å²) in [6, 6.07) is 9.71. The number of hydrogen-bond donors (Lipinski definition) is 0. The van der Waals surface area contributed by atoms with Crippen LogP contribution in [0.1, 0.15) is 5.56 Å². The molecule has 0 unspecified atom stereocenters. The zero-order valence-corrected chi connectivity index (χ0v) is 15.6. The van der Waals surface area contributed by atoms with Crippen LogP contribution in [-0.4, -0.2) is 48.7 Å². The molecule has 1 aliphatic rings. The highest BCUT2D eigenvalue weighted by molar-refractivity contribution is 7.91. The summed E-state index contributed by atoms with van der Waals surface area (Å²) < 4.78 is 27.3. The molecule has 10 heteroatoms. The Morgan fingerprint density at radius 2 is 1.80 bits per heavy atom. The molecule has 0 radical (unpaired) electrons. The fourth-order valence-corrected chi connectivity index (χ4v) is 5.81. The Morgan fingerprint density at radius 3 is 2.40 bits per heavy atom. The van der Waals surface area contributed by atoms with E-state index in [2.05, 4.69) is 0 Å². The third kappa shape index (κ3) is 4.01. The van der Waals surface area contributed by atoms with Gasteiger partial charge in [0, 0.05) is 44.4 Å². The van der Waals surface area contributed by atoms with Crippen molar-refractivity contribution in [2.75, 3.05) is 26.2 Å². The van der Waals surface area contributed by atoms with Gasteiger partial charge in [0.05, 0.1) is 9.26 Å². The van der Waals surface area contributed by atoms with Gasteiger partial charge in [-0.25, -0.2) is 8.42 Å². The molecule has 7 nitrogen and oxygen atoms in total. The summed E-state index contributed by atoms with van der Waals surface area (Å²) in [5.74, 6) is 0. The Bertz CT molecular complexity index is 876. The van der Waals surface area contributed by atoms with Crippen LogP contribution in [0.3, 0.4) is 0 Å². The van der Waals surface area contributed by atoms with Crippen molar-refractivity contribution in [1.29, 1.82) is 0 Å². The molecule has 1 fully saturated rings. The van der Waals surface area contributed by atoms with Crippen molar-refractivity contribution in [2.45, 2.75) is 10.8 Å². The molecule has 2 heterocycles. The van der Waals surface area contributed by atoms with E-state index in [9.17, 15) is 18.5 Å². The van der Waals surface area contributed by atoms with Crippen molar-refractivity contribution in [2.24, 2.45) is 0 Å². The number of para-hydroxylation sites is 1. The number of hydrogen-bond acceptors (Lipinski definition) is 6. The highest BCUT2D eigenvalue weighted by Crippen LogP contribution is 2.29. The van der Waals surface area contributed by atoms with Crippen LogP contribution < -0.4 is 0 Å². The average molecular weight is 402 g/mol. The fraction of sp³-hybridized carbons (Fsp3) is 0.333. The van der Waals surface area contributed by atoms with Crippen molar-refractivity contribution in [3.8, 4) is 0 Å². The lowest BCUT2D eigenvalue weighted by atomic mass is 10.1. The molecule has 1 aliphatic heterocycles. The summed E-state index contributed by atoms with van der Waals surface area (Å²) in [7, 11) is -3.53. The van der Waals surface area contributed by atoms with Gasteiger partial charge in [-0.1, -0.05) is 29.8 Å². The monoisotopic (exact) mass is 401 g/mol. The molecule has 0 saturated carbocycles. The molecule has 0 aliphatic carbocycles. The molecule has 1 aromatic heterocycles. The topological polar surface area (TPSA) is 83.8 Å². The second-order valence-corrected chi connectivity index (χ2v) is 9.50. The van der Waals surface area contributed by atoms with Crippen LogP contribution in [0, 0.1) is 10.1 Å². The Hall–Kier alpha value is -1.52. The standard InChI is InChI=1S/C15H16ClN3O4S2/c16-14-5-6-15(24-14)25(22,23)18-9-7-17(8-10-18)11-12-3-1-2-4-13(12)19(20)21/h1-6H,7-11H2. The molecule has 25 heavy (non-hydrogen) atoms. The number of sulfonamides is 1. The van der Waals surface area contributed by atoms with Gasteiger partial charge in [-0.3, -0.25) is 15.0 Å². The maximum atomic E-state index is 12.6. The SMILES string of the molecule is O=[N+]([O-])c1ccccc1CN1CCN(S(=O)(=O)c2ccc(Cl)s2)CC1. The zero-order valence-electron chi connectivity index (χ0n) is 13.2. The summed E-state index contributed by atoms with van der Waals surface area (Å²) >= 11 is 6.88. The van der Waals surface area contributed by atoms with Gasteiger partial charge in [0.1, 0.15) is 4.21 Å². The van der Waals surface area contributed by atoms with Crippen LogP contribution in [0.2, 0.25) is 4.34 Å². The Labute approximate surface area is 154 Å². The minimum absolute atomic E-state index is 0.0887. The van der Waals surface area contributed by atoms with E-state index in [-0.39, 0.29) is 9.90 Å². The summed E-state index contributed by atoms with van der Waals surface area (Å²) in [6.07, 6.45) is 0. The summed E-state index contributed by atoms with van der Waals surface area (Å²) in [4.78, 5) is 12.7. The number of thiophene rings is 1. The Balaban J connectivity index is 1.66. The normalized spacial score (nSPS) is 16.8. The first kappa shape index (κ1) is 18.3. The Morgan fingerprint density at radius 1 is 1.12 bits per heavy atom. The van der Waals surface area contributed by atoms with Gasteiger partial charge in [0.25, 0.3) is 15.7 Å². The molecule has 0 atom stereocenters. The molecule has 0 spiro atoms. The second-order valence-electron chi connectivity index (χ2n) is 5.62. The maximum Gasteiger partial charge on any atom is 0.273 e. The highest BCUT2D eigenvalue weighted by atomic mass is 35.5. The largest absolute Gasteiger partial charge is 0.296 e. The van der Waals surface area contributed by atoms with Crippen LogP contribution in [0.5, 0.6) is 0 Å². The van der Waals surface area contributed by atoms with Gasteiger partial charge in [-0.2, -0.15) is 4.31 Å². The van der Waals surface area contributed by atoms with Crippen molar-refractivity contribution in [3.63, 3.8) is 0 Å². The average Bonchev–Trinajstić information content (AvgIpc) is 3.03. The Kier molecular flexibility index (Phi) is 5.40. The molecule has 0 amide bonds. The lowest BCUT2D eigenvalue weighted by Crippen LogP contribution is -2.48. The smallest absolute Gasteiger partial charge is 0.273 e. The minimum atomic E-state index is -3.53. The van der Waals surface area contributed by atoms with Crippen LogP contribution >= 0.6 is 22.9 Å². The van der Waals surface area contributed by atoms with E-state index >= 15 is 0 Å². The number of piperazine rings is 1. The molecular weight excluding hydrogens is 386 g/mol. The van der Waals surface area contributed by atoms with Crippen molar-refractivity contribution < 1.29 is 13.3 Å². The summed E-state index contributed by atoms with van der Waals surface area (Å²) in [5.41, 5.74) is 0.722. The molecule has 0 bridgehead atoms. The van der Waals surface area contributed by atoms with E-state index in [0.717, 1.165) is 11.3 Å². The van der Waals surface area contributed by atoms with Gasteiger partial charge in [0.15, 0.2) is 0 Å². The lowest BCUT2D eigenvalue weighted by Gasteiger charge is -2.33. The first-order valence-corrected chi connectivity index (χ1v) is 10.2. The number of nitrogens with zero attached hydrogens (tertiary/aromatic N) is 3. The number of nitro groups is 1. The molecule has 0 N–H and O–H groups in total. The van der Waals surface area contributed by atoms with Crippen LogP contribution in [0.15, 0.2) is 40.6 Å². The molecule has 3 rings (SSSR count). The van der Waals surface area contributed by atoms with E-state index in [0.29, 0.717) is 42.6 Å². The zero-order chi connectivity index (χ0) is 18.0. The molecule has 1 aromatic carbocycles. The molecule has 2 aromatic rings. The molecular formula is C15H16ClN3O4S2. The predicted molar refractivity (Wildman–Crippen MR) is 96.5 cm³/mol. The number of nitro benzene ring substituents is 1. The van der Waals surface area contributed by atoms with E-state index in [4.69, 9.17) is 11.6 Å². The van der Waals surface area contributed by atoms with E-state index in [1.807, 2.05) is 4.90 Å². The second kappa shape index (κ2) is 7.38. The van der Waals surface area contributed by atoms with Crippen LogP contribution in [-0.2, 0) is 16.6 Å². The van der Waals surface area contributed by atoms with E-state index < -0.39 is 14.9 Å². The van der Waals surface area contributed by atoms with Gasteiger partial charge < -0.3 is 0 Å². The van der Waals surface area contributed by atoms with Crippen molar-refractivity contribution in [1.82, 2.24) is 9.21 Å². The number of halogens is 1. The van der Waals surface area contributed by atoms with Gasteiger partial charge in [0.2, 0.25) is 0 Å². The van der Waals surface area contributed by atoms with Crippen LogP contribution in [0.25, 0.3) is 0 Å².